The van der Waals surface area contributed by atoms with Gasteiger partial charge >= 0.3 is 5.97 Å². The molecule has 0 amide bonds. The highest BCUT2D eigenvalue weighted by Crippen LogP contribution is 2.31. The highest BCUT2D eigenvalue weighted by atomic mass is 79.9. The lowest BCUT2D eigenvalue weighted by Crippen LogP contribution is -2.02. The lowest BCUT2D eigenvalue weighted by molar-refractivity contribution is 0.0697. The highest BCUT2D eigenvalue weighted by Gasteiger charge is 2.19. The van der Waals surface area contributed by atoms with Crippen LogP contribution in [-0.2, 0) is 6.54 Å². The van der Waals surface area contributed by atoms with Crippen LogP contribution in [0.1, 0.15) is 30.6 Å². The zero-order chi connectivity index (χ0) is 15.6. The molecule has 0 aliphatic heterocycles. The summed E-state index contributed by atoms with van der Waals surface area (Å²) < 4.78 is 2.52. The van der Waals surface area contributed by atoms with Crippen LogP contribution in [0.5, 0.6) is 0 Å². The zero-order valence-corrected chi connectivity index (χ0v) is 14.1. The molecule has 1 aromatic heterocycles. The first-order chi connectivity index (χ1) is 9.88. The van der Waals surface area contributed by atoms with E-state index in [1.54, 1.807) is 23.0 Å². The van der Waals surface area contributed by atoms with Crippen LogP contribution in [-0.4, -0.2) is 20.9 Å². The summed E-state index contributed by atoms with van der Waals surface area (Å²) in [4.78, 5) is 11.4. The Hall–Kier alpha value is -1.33. The molecule has 0 radical (unpaired) electrons. The molecule has 2 aromatic rings. The van der Waals surface area contributed by atoms with Crippen LogP contribution in [0.25, 0.3) is 11.3 Å². The summed E-state index contributed by atoms with van der Waals surface area (Å²) in [6.45, 7) is 4.92. The molecule has 0 aliphatic carbocycles. The first-order valence-corrected chi connectivity index (χ1v) is 7.81. The van der Waals surface area contributed by atoms with E-state index in [1.165, 1.54) is 0 Å². The largest absolute Gasteiger partial charge is 0.478 e. The second-order valence-electron chi connectivity index (χ2n) is 5.27. The van der Waals surface area contributed by atoms with Gasteiger partial charge in [0.1, 0.15) is 11.3 Å². The van der Waals surface area contributed by atoms with E-state index in [2.05, 4.69) is 34.9 Å². The Balaban J connectivity index is 2.43. The van der Waals surface area contributed by atoms with Gasteiger partial charge in [0.2, 0.25) is 0 Å². The van der Waals surface area contributed by atoms with Crippen LogP contribution in [0.2, 0.25) is 5.02 Å². The number of aromatic carboxylic acids is 1. The lowest BCUT2D eigenvalue weighted by atomic mass is 10.1. The van der Waals surface area contributed by atoms with Crippen LogP contribution in [0.15, 0.2) is 28.9 Å². The van der Waals surface area contributed by atoms with Crippen molar-refractivity contribution in [3.05, 3.63) is 39.5 Å². The van der Waals surface area contributed by atoms with E-state index in [9.17, 15) is 9.90 Å². The average Bonchev–Trinajstić information content (AvgIpc) is 2.80. The Morgan fingerprint density at radius 2 is 2.19 bits per heavy atom. The maximum atomic E-state index is 11.4. The predicted octanol–water partition coefficient (Wildman–Crippen LogP) is 4.71. The summed E-state index contributed by atoms with van der Waals surface area (Å²) in [5, 5.41) is 14.2. The van der Waals surface area contributed by atoms with Gasteiger partial charge in [0.15, 0.2) is 0 Å². The van der Waals surface area contributed by atoms with Crippen LogP contribution >= 0.6 is 27.5 Å². The maximum absolute atomic E-state index is 11.4. The van der Waals surface area contributed by atoms with Crippen molar-refractivity contribution in [1.29, 1.82) is 0 Å². The van der Waals surface area contributed by atoms with E-state index in [1.807, 2.05) is 6.07 Å². The molecule has 0 unspecified atom stereocenters. The molecular weight excluding hydrogens is 356 g/mol. The molecule has 0 atom stereocenters. The van der Waals surface area contributed by atoms with E-state index in [-0.39, 0.29) is 5.56 Å². The van der Waals surface area contributed by atoms with E-state index in [4.69, 9.17) is 11.6 Å². The van der Waals surface area contributed by atoms with Gasteiger partial charge in [-0.3, -0.25) is 4.68 Å². The minimum Gasteiger partial charge on any atom is -0.478 e. The first-order valence-electron chi connectivity index (χ1n) is 6.64. The van der Waals surface area contributed by atoms with Gasteiger partial charge in [-0.15, -0.1) is 0 Å². The smallest absolute Gasteiger partial charge is 0.339 e. The van der Waals surface area contributed by atoms with Crippen molar-refractivity contribution in [2.24, 2.45) is 5.92 Å². The van der Waals surface area contributed by atoms with Crippen molar-refractivity contribution in [2.75, 3.05) is 0 Å². The zero-order valence-electron chi connectivity index (χ0n) is 11.8. The quantitative estimate of drug-likeness (QED) is 0.828. The molecule has 0 spiro atoms. The maximum Gasteiger partial charge on any atom is 0.339 e. The molecule has 0 fully saturated rings. The van der Waals surface area contributed by atoms with E-state index in [0.717, 1.165) is 10.9 Å². The third-order valence-corrected chi connectivity index (χ3v) is 3.92. The molecule has 6 heteroatoms. The number of halogens is 2. The summed E-state index contributed by atoms with van der Waals surface area (Å²) in [7, 11) is 0. The minimum absolute atomic E-state index is 0.169. The van der Waals surface area contributed by atoms with Gasteiger partial charge in [0, 0.05) is 22.8 Å². The fourth-order valence-corrected chi connectivity index (χ4v) is 2.73. The van der Waals surface area contributed by atoms with E-state index < -0.39 is 5.97 Å². The van der Waals surface area contributed by atoms with Crippen molar-refractivity contribution in [3.8, 4) is 11.3 Å². The third kappa shape index (κ3) is 3.86. The first kappa shape index (κ1) is 16.0. The number of rotatable bonds is 5. The molecule has 0 saturated carbocycles. The number of benzene rings is 1. The van der Waals surface area contributed by atoms with Gasteiger partial charge < -0.3 is 5.11 Å². The molecule has 0 saturated heterocycles. The number of hydrogen-bond donors (Lipinski definition) is 1. The molecule has 1 aromatic carbocycles. The molecule has 1 N–H and O–H groups in total. The van der Waals surface area contributed by atoms with Gasteiger partial charge in [0.25, 0.3) is 0 Å². The molecule has 0 aliphatic rings. The number of aromatic nitrogens is 2. The van der Waals surface area contributed by atoms with Gasteiger partial charge in [-0.05, 0) is 24.5 Å². The van der Waals surface area contributed by atoms with Crippen LogP contribution in [0, 0.1) is 5.92 Å². The highest BCUT2D eigenvalue weighted by molar-refractivity contribution is 9.10. The fraction of sp³-hybridized carbons (Fsp3) is 0.333. The van der Waals surface area contributed by atoms with E-state index in [0.29, 0.717) is 28.7 Å². The standard InChI is InChI=1S/C15H16BrClN2O2/c1-9(2)5-6-19-8-12(15(20)21)14(18-19)11-4-3-10(16)7-13(11)17/h3-4,7-9H,5-6H2,1-2H3,(H,20,21). The van der Waals surface area contributed by atoms with Gasteiger partial charge in [0.05, 0.1) is 5.02 Å². The van der Waals surface area contributed by atoms with Crippen molar-refractivity contribution in [1.82, 2.24) is 9.78 Å². The van der Waals surface area contributed by atoms with Gasteiger partial charge in [-0.2, -0.15) is 5.10 Å². The Labute approximate surface area is 136 Å². The molecule has 1 heterocycles. The van der Waals surface area contributed by atoms with Gasteiger partial charge in [-0.1, -0.05) is 47.4 Å². The van der Waals surface area contributed by atoms with Crippen LogP contribution in [0.4, 0.5) is 0 Å². The number of carboxylic acids is 1. The number of aryl methyl sites for hydroxylation is 1. The molecule has 21 heavy (non-hydrogen) atoms. The lowest BCUT2D eigenvalue weighted by Gasteiger charge is -2.05. The number of hydrogen-bond acceptors (Lipinski definition) is 2. The summed E-state index contributed by atoms with van der Waals surface area (Å²) >= 11 is 9.54. The van der Waals surface area contributed by atoms with Crippen molar-refractivity contribution < 1.29 is 9.90 Å². The predicted molar refractivity (Wildman–Crippen MR) is 86.8 cm³/mol. The average molecular weight is 372 g/mol. The molecule has 0 bridgehead atoms. The molecule has 4 nitrogen and oxygen atoms in total. The Bertz CT molecular complexity index is 668. The monoisotopic (exact) mass is 370 g/mol. The molecule has 112 valence electrons. The normalized spacial score (nSPS) is 11.1. The van der Waals surface area contributed by atoms with Crippen molar-refractivity contribution >= 4 is 33.5 Å². The fourth-order valence-electron chi connectivity index (χ4n) is 1.96. The van der Waals surface area contributed by atoms with Crippen molar-refractivity contribution in [3.63, 3.8) is 0 Å². The summed E-state index contributed by atoms with van der Waals surface area (Å²) in [6.07, 6.45) is 2.51. The number of carbonyl (C=O) groups is 1. The number of carboxylic acid groups (broad SMARTS) is 1. The second-order valence-corrected chi connectivity index (χ2v) is 6.59. The molecular formula is C15H16BrClN2O2. The van der Waals surface area contributed by atoms with Gasteiger partial charge in [-0.25, -0.2) is 4.79 Å². The minimum atomic E-state index is -1.00. The topological polar surface area (TPSA) is 55.1 Å². The SMILES string of the molecule is CC(C)CCn1cc(C(=O)O)c(-c2ccc(Br)cc2Cl)n1. The third-order valence-electron chi connectivity index (χ3n) is 3.11. The second kappa shape index (κ2) is 6.62. The Morgan fingerprint density at radius 1 is 1.48 bits per heavy atom. The molecule has 2 rings (SSSR count). The Morgan fingerprint density at radius 3 is 2.76 bits per heavy atom. The summed E-state index contributed by atoms with van der Waals surface area (Å²) in [5.74, 6) is -0.470. The summed E-state index contributed by atoms with van der Waals surface area (Å²) in [5.41, 5.74) is 1.20. The van der Waals surface area contributed by atoms with Crippen LogP contribution < -0.4 is 0 Å². The van der Waals surface area contributed by atoms with Crippen LogP contribution in [0.3, 0.4) is 0 Å². The summed E-state index contributed by atoms with van der Waals surface area (Å²) in [6, 6.07) is 5.32. The number of nitrogens with zero attached hydrogens (tertiary/aromatic N) is 2. The van der Waals surface area contributed by atoms with E-state index >= 15 is 0 Å². The van der Waals surface area contributed by atoms with Crippen molar-refractivity contribution in [2.45, 2.75) is 26.8 Å². The Kier molecular flexibility index (Phi) is 5.06.